The summed E-state index contributed by atoms with van der Waals surface area (Å²) in [6.45, 7) is 3.02. The predicted octanol–water partition coefficient (Wildman–Crippen LogP) is 5.11. The number of hydrogen-bond donors (Lipinski definition) is 4. The lowest BCUT2D eigenvalue weighted by Crippen LogP contribution is -2.44. The number of benzene rings is 2. The van der Waals surface area contributed by atoms with Crippen molar-refractivity contribution in [2.75, 3.05) is 32.2 Å². The zero-order valence-corrected chi connectivity index (χ0v) is 26.6. The Morgan fingerprint density at radius 2 is 1.89 bits per heavy atom. The Balaban J connectivity index is 1.44. The number of carbonyl (C=O) groups excluding carboxylic acids is 3. The second-order valence-electron chi connectivity index (χ2n) is 11.9. The number of aliphatic hydroxyl groups excluding tert-OH is 1. The van der Waals surface area contributed by atoms with Gasteiger partial charge >= 0.3 is 5.97 Å². The van der Waals surface area contributed by atoms with Gasteiger partial charge in [-0.2, -0.15) is 0 Å². The molecule has 6 rings (SSSR count). The minimum Gasteiger partial charge on any atom is -0.493 e. The maximum Gasteiger partial charge on any atom is 0.357 e. The Bertz CT molecular complexity index is 1820. The summed E-state index contributed by atoms with van der Waals surface area (Å²) in [6.07, 6.45) is 3.38. The molecule has 5 N–H and O–H groups in total. The molecule has 1 fully saturated rings. The molecule has 0 saturated heterocycles. The molecule has 0 radical (unpaired) electrons. The summed E-state index contributed by atoms with van der Waals surface area (Å²) in [4.78, 5) is 45.9. The van der Waals surface area contributed by atoms with E-state index in [1.54, 1.807) is 29.5 Å². The number of rotatable bonds is 9. The van der Waals surface area contributed by atoms with Crippen molar-refractivity contribution in [2.24, 2.45) is 11.1 Å². The molecular weight excluding hydrogens is 604 g/mol. The number of methoxy groups -OCH3 is 1. The Morgan fingerprint density at radius 1 is 1.07 bits per heavy atom. The number of nitrogens with two attached hydrogens (primary N) is 1. The smallest absolute Gasteiger partial charge is 0.357 e. The third-order valence-electron chi connectivity index (χ3n) is 8.93. The fraction of sp³-hybridized carbons (Fsp3) is 0.314. The van der Waals surface area contributed by atoms with Gasteiger partial charge in [0.05, 0.1) is 20.3 Å². The first-order valence-electron chi connectivity index (χ1n) is 15.2. The number of hydrogen-bond acceptors (Lipinski definition) is 9. The molecular formula is C35H36N4O6S. The largest absolute Gasteiger partial charge is 0.493 e. The van der Waals surface area contributed by atoms with E-state index in [0.29, 0.717) is 54.2 Å². The summed E-state index contributed by atoms with van der Waals surface area (Å²) in [5.41, 5.74) is 10.7. The summed E-state index contributed by atoms with van der Waals surface area (Å²) in [7, 11) is 1.24. The van der Waals surface area contributed by atoms with Crippen LogP contribution in [0.25, 0.3) is 21.6 Å². The van der Waals surface area contributed by atoms with Crippen LogP contribution in [0.1, 0.15) is 67.3 Å². The van der Waals surface area contributed by atoms with Gasteiger partial charge in [0, 0.05) is 57.7 Å². The van der Waals surface area contributed by atoms with E-state index in [9.17, 15) is 19.5 Å². The molecule has 10 nitrogen and oxygen atoms in total. The highest BCUT2D eigenvalue weighted by atomic mass is 32.1. The van der Waals surface area contributed by atoms with E-state index >= 15 is 0 Å². The van der Waals surface area contributed by atoms with Crippen molar-refractivity contribution >= 4 is 34.8 Å². The first-order chi connectivity index (χ1) is 22.3. The Kier molecular flexibility index (Phi) is 8.90. The van der Waals surface area contributed by atoms with Gasteiger partial charge in [-0.05, 0) is 78.2 Å². The number of anilines is 1. The number of ether oxygens (including phenoxy) is 2. The third kappa shape index (κ3) is 6.01. The molecule has 2 aromatic carbocycles. The molecule has 238 valence electrons. The maximum absolute atomic E-state index is 14.1. The molecule has 0 bridgehead atoms. The number of thiophene rings is 1. The van der Waals surface area contributed by atoms with Crippen LogP contribution in [0.4, 0.5) is 5.69 Å². The number of esters is 1. The van der Waals surface area contributed by atoms with Crippen molar-refractivity contribution in [3.63, 3.8) is 0 Å². The van der Waals surface area contributed by atoms with Crippen molar-refractivity contribution in [3.05, 3.63) is 87.6 Å². The van der Waals surface area contributed by atoms with Crippen LogP contribution in [0.15, 0.2) is 53.9 Å². The first kappa shape index (κ1) is 31.4. The number of fused-ring (bicyclic) bond motifs is 3. The topological polar surface area (TPSA) is 153 Å². The van der Waals surface area contributed by atoms with E-state index in [4.69, 9.17) is 15.2 Å². The van der Waals surface area contributed by atoms with Crippen molar-refractivity contribution in [3.8, 4) is 27.3 Å². The van der Waals surface area contributed by atoms with Crippen LogP contribution in [-0.4, -0.2) is 54.7 Å². The molecule has 4 aromatic rings. The van der Waals surface area contributed by atoms with Gasteiger partial charge in [0.25, 0.3) is 11.8 Å². The normalized spacial score (nSPS) is 14.5. The second-order valence-corrected chi connectivity index (χ2v) is 12.8. The number of aromatic nitrogens is 1. The van der Waals surface area contributed by atoms with Crippen LogP contribution in [-0.2, 0) is 17.7 Å². The van der Waals surface area contributed by atoms with E-state index in [1.807, 2.05) is 30.5 Å². The van der Waals surface area contributed by atoms with E-state index in [1.165, 1.54) is 13.2 Å². The standard InChI is InChI=1S/C35H36N4O6S/c1-20-14-21(17-36)4-6-27(20)39-32(41)25-15-26-29(45-12-8-22-9-13-46-31(22)26)16-24(25)23-5-7-28(38-30(23)34(43)44-2)33(42)37-18-35(19-40)10-3-11-35/h4-7,9,13-16,40H,3,8,10-12,17-19,36H2,1-2H3,(H,37,42)(H,39,41). The molecule has 2 aromatic heterocycles. The number of nitrogens with zero attached hydrogens (tertiary/aromatic N) is 1. The molecule has 3 heterocycles. The fourth-order valence-electron chi connectivity index (χ4n) is 5.99. The van der Waals surface area contributed by atoms with Crippen LogP contribution in [0.3, 0.4) is 0 Å². The van der Waals surface area contributed by atoms with Crippen LogP contribution < -0.4 is 21.1 Å². The molecule has 0 unspecified atom stereocenters. The highest BCUT2D eigenvalue weighted by molar-refractivity contribution is 7.13. The lowest BCUT2D eigenvalue weighted by atomic mass is 9.69. The van der Waals surface area contributed by atoms with E-state index in [-0.39, 0.29) is 23.4 Å². The number of aryl methyl sites for hydroxylation is 1. The predicted molar refractivity (Wildman–Crippen MR) is 176 cm³/mol. The monoisotopic (exact) mass is 640 g/mol. The molecule has 11 heteroatoms. The lowest BCUT2D eigenvalue weighted by molar-refractivity contribution is 0.0428. The van der Waals surface area contributed by atoms with Gasteiger partial charge in [-0.25, -0.2) is 9.78 Å². The van der Waals surface area contributed by atoms with Crippen LogP contribution >= 0.6 is 11.3 Å². The molecule has 0 atom stereocenters. The van der Waals surface area contributed by atoms with Gasteiger partial charge in [-0.15, -0.1) is 11.3 Å². The van der Waals surface area contributed by atoms with Gasteiger partial charge in [-0.3, -0.25) is 9.59 Å². The number of pyridine rings is 1. The second kappa shape index (κ2) is 13.0. The van der Waals surface area contributed by atoms with Gasteiger partial charge in [-0.1, -0.05) is 18.6 Å². The first-order valence-corrected chi connectivity index (χ1v) is 16.1. The van der Waals surface area contributed by atoms with Crippen LogP contribution in [0.2, 0.25) is 0 Å². The summed E-state index contributed by atoms with van der Waals surface area (Å²) in [5.74, 6) is -1.05. The third-order valence-corrected chi connectivity index (χ3v) is 9.92. The zero-order valence-electron chi connectivity index (χ0n) is 25.8. The van der Waals surface area contributed by atoms with Crippen LogP contribution in [0.5, 0.6) is 5.75 Å². The number of amides is 2. The average molecular weight is 641 g/mol. The summed E-state index contributed by atoms with van der Waals surface area (Å²) < 4.78 is 11.3. The molecule has 2 aliphatic rings. The highest BCUT2D eigenvalue weighted by Gasteiger charge is 2.37. The van der Waals surface area contributed by atoms with Gasteiger partial charge < -0.3 is 30.9 Å². The Morgan fingerprint density at radius 3 is 2.59 bits per heavy atom. The number of aliphatic hydroxyl groups is 1. The summed E-state index contributed by atoms with van der Waals surface area (Å²) >= 11 is 1.57. The quantitative estimate of drug-likeness (QED) is 0.184. The summed E-state index contributed by atoms with van der Waals surface area (Å²) in [6, 6.07) is 14.3. The van der Waals surface area contributed by atoms with Crippen molar-refractivity contribution in [1.82, 2.24) is 10.3 Å². The van der Waals surface area contributed by atoms with E-state index in [2.05, 4.69) is 21.7 Å². The van der Waals surface area contributed by atoms with Gasteiger partial charge in [0.2, 0.25) is 0 Å². The SMILES string of the molecule is COC(=O)c1nc(C(=O)NCC2(CO)CCC2)ccc1-c1cc2c(cc1C(=O)Nc1ccc(CN)cc1C)-c1sccc1CCO2. The van der Waals surface area contributed by atoms with Gasteiger partial charge in [0.15, 0.2) is 5.69 Å². The van der Waals surface area contributed by atoms with Crippen molar-refractivity contribution in [1.29, 1.82) is 0 Å². The number of carbonyl (C=O) groups is 3. The Labute approximate surface area is 271 Å². The summed E-state index contributed by atoms with van der Waals surface area (Å²) in [5, 5.41) is 17.7. The van der Waals surface area contributed by atoms with Crippen molar-refractivity contribution < 1.29 is 29.0 Å². The van der Waals surface area contributed by atoms with E-state index in [0.717, 1.165) is 46.4 Å². The Hall–Kier alpha value is -4.58. The van der Waals surface area contributed by atoms with Gasteiger partial charge in [0.1, 0.15) is 11.4 Å². The lowest BCUT2D eigenvalue weighted by Gasteiger charge is -2.40. The molecule has 0 spiro atoms. The molecule has 46 heavy (non-hydrogen) atoms. The average Bonchev–Trinajstić information content (AvgIpc) is 3.45. The van der Waals surface area contributed by atoms with Crippen LogP contribution in [0, 0.1) is 12.3 Å². The minimum absolute atomic E-state index is 0.0120. The van der Waals surface area contributed by atoms with Crippen molar-refractivity contribution in [2.45, 2.75) is 39.2 Å². The molecule has 1 saturated carbocycles. The molecule has 2 amide bonds. The molecule has 1 aliphatic carbocycles. The van der Waals surface area contributed by atoms with E-state index < -0.39 is 17.8 Å². The number of nitrogens with one attached hydrogen (secondary N) is 2. The fourth-order valence-corrected chi connectivity index (χ4v) is 6.97. The minimum atomic E-state index is -0.758. The molecule has 1 aliphatic heterocycles. The highest BCUT2D eigenvalue weighted by Crippen LogP contribution is 2.44. The maximum atomic E-state index is 14.1. The zero-order chi connectivity index (χ0) is 32.4.